The third kappa shape index (κ3) is 4.73. The third-order valence-electron chi connectivity index (χ3n) is 3.12. The molecule has 10 heteroatoms. The van der Waals surface area contributed by atoms with Crippen molar-refractivity contribution in [2.24, 2.45) is 0 Å². The average molecular weight is 316 g/mol. The van der Waals surface area contributed by atoms with Gasteiger partial charge in [0.25, 0.3) is 0 Å². The quantitative estimate of drug-likeness (QED) is 0.308. The molecule has 0 saturated carbocycles. The molecular formula is C10H21O9P. The smallest absolute Gasteiger partial charge is 0.388 e. The second-order valence-corrected chi connectivity index (χ2v) is 5.99. The summed E-state index contributed by atoms with van der Waals surface area (Å²) in [5.74, 6) is 0. The van der Waals surface area contributed by atoms with Crippen molar-refractivity contribution >= 4 is 7.82 Å². The monoisotopic (exact) mass is 316 g/mol. The van der Waals surface area contributed by atoms with Crippen molar-refractivity contribution in [3.05, 3.63) is 0 Å². The minimum Gasteiger partial charge on any atom is -0.388 e. The zero-order valence-corrected chi connectivity index (χ0v) is 11.8. The van der Waals surface area contributed by atoms with Gasteiger partial charge in [0.2, 0.25) is 0 Å². The van der Waals surface area contributed by atoms with Crippen LogP contribution in [0, 0.1) is 0 Å². The highest BCUT2D eigenvalue weighted by Gasteiger charge is 2.46. The second-order valence-electron chi connectivity index (χ2n) is 4.75. The Labute approximate surface area is 116 Å². The van der Waals surface area contributed by atoms with E-state index in [0.717, 1.165) is 0 Å². The van der Waals surface area contributed by atoms with Crippen LogP contribution in [0.25, 0.3) is 0 Å². The number of rotatable bonds is 6. The lowest BCUT2D eigenvalue weighted by Gasteiger charge is -2.42. The zero-order chi connectivity index (χ0) is 15.5. The SMILES string of the molecule is CCC[C@H]1O[C@H]([C@H](O)COP(=O)(O)O)[C@@H](O)[C@H](O)[C@@H]1O. The molecule has 9 nitrogen and oxygen atoms in total. The number of hydrogen-bond donors (Lipinski definition) is 6. The topological polar surface area (TPSA) is 157 Å². The van der Waals surface area contributed by atoms with Gasteiger partial charge in [0, 0.05) is 0 Å². The summed E-state index contributed by atoms with van der Waals surface area (Å²) in [7, 11) is -4.75. The Morgan fingerprint density at radius 2 is 1.80 bits per heavy atom. The Bertz CT molecular complexity index is 346. The number of hydrogen-bond acceptors (Lipinski definition) is 7. The molecule has 0 amide bonds. The molecular weight excluding hydrogens is 295 g/mol. The molecule has 1 rings (SSSR count). The van der Waals surface area contributed by atoms with Crippen molar-refractivity contribution < 1.29 is 44.0 Å². The van der Waals surface area contributed by atoms with Gasteiger partial charge in [0.05, 0.1) is 12.7 Å². The fourth-order valence-corrected chi connectivity index (χ4v) is 2.44. The first kappa shape index (κ1) is 18.0. The highest BCUT2D eigenvalue weighted by molar-refractivity contribution is 7.46. The zero-order valence-electron chi connectivity index (χ0n) is 10.9. The number of ether oxygens (including phenoxy) is 1. The molecule has 0 unspecified atom stereocenters. The lowest BCUT2D eigenvalue weighted by Crippen LogP contribution is -2.61. The molecule has 6 N–H and O–H groups in total. The molecule has 20 heavy (non-hydrogen) atoms. The number of aliphatic hydroxyl groups excluding tert-OH is 4. The van der Waals surface area contributed by atoms with E-state index >= 15 is 0 Å². The minimum atomic E-state index is -4.75. The first-order valence-corrected chi connectivity index (χ1v) is 7.78. The van der Waals surface area contributed by atoms with Crippen LogP contribution >= 0.6 is 7.82 Å². The van der Waals surface area contributed by atoms with E-state index in [1.165, 1.54) is 0 Å². The van der Waals surface area contributed by atoms with Gasteiger partial charge >= 0.3 is 7.82 Å². The van der Waals surface area contributed by atoms with Crippen molar-refractivity contribution in [1.82, 2.24) is 0 Å². The van der Waals surface area contributed by atoms with E-state index < -0.39 is 51.1 Å². The molecule has 0 radical (unpaired) electrons. The first-order chi connectivity index (χ1) is 9.17. The Kier molecular flexibility index (Phi) is 6.52. The van der Waals surface area contributed by atoms with E-state index in [9.17, 15) is 25.0 Å². The molecule has 1 heterocycles. The highest BCUT2D eigenvalue weighted by Crippen LogP contribution is 2.36. The second kappa shape index (κ2) is 7.26. The van der Waals surface area contributed by atoms with Crippen LogP contribution in [0.5, 0.6) is 0 Å². The van der Waals surface area contributed by atoms with Gasteiger partial charge in [-0.1, -0.05) is 13.3 Å². The van der Waals surface area contributed by atoms with Crippen LogP contribution in [0.1, 0.15) is 19.8 Å². The molecule has 120 valence electrons. The van der Waals surface area contributed by atoms with E-state index in [0.29, 0.717) is 12.8 Å². The standard InChI is InChI=1S/C10H21O9P/c1-2-3-6-7(12)8(13)9(14)10(19-6)5(11)4-18-20(15,16)17/h5-14H,2-4H2,1H3,(H2,15,16,17)/t5-,6-,7-,8-,9+,10-/m1/s1. The lowest BCUT2D eigenvalue weighted by molar-refractivity contribution is -0.246. The van der Waals surface area contributed by atoms with Gasteiger partial charge in [-0.05, 0) is 6.42 Å². The summed E-state index contributed by atoms with van der Waals surface area (Å²) < 4.78 is 20.0. The summed E-state index contributed by atoms with van der Waals surface area (Å²) in [4.78, 5) is 17.1. The van der Waals surface area contributed by atoms with Crippen LogP contribution in [0.15, 0.2) is 0 Å². The van der Waals surface area contributed by atoms with E-state index in [1.807, 2.05) is 6.92 Å². The summed E-state index contributed by atoms with van der Waals surface area (Å²) >= 11 is 0. The van der Waals surface area contributed by atoms with Crippen molar-refractivity contribution in [2.45, 2.75) is 56.4 Å². The predicted octanol–water partition coefficient (Wildman–Crippen LogP) is -1.89. The summed E-state index contributed by atoms with van der Waals surface area (Å²) in [5, 5.41) is 38.9. The van der Waals surface area contributed by atoms with Gasteiger partial charge in [-0.15, -0.1) is 0 Å². The maximum Gasteiger partial charge on any atom is 0.469 e. The van der Waals surface area contributed by atoms with Gasteiger partial charge in [0.15, 0.2) is 0 Å². The molecule has 0 aromatic rings. The first-order valence-electron chi connectivity index (χ1n) is 6.25. The highest BCUT2D eigenvalue weighted by atomic mass is 31.2. The summed E-state index contributed by atoms with van der Waals surface area (Å²) in [5.41, 5.74) is 0. The fraction of sp³-hybridized carbons (Fsp3) is 1.00. The fourth-order valence-electron chi connectivity index (χ4n) is 2.09. The number of phosphoric ester groups is 1. The number of phosphoric acid groups is 1. The molecule has 0 bridgehead atoms. The van der Waals surface area contributed by atoms with Crippen LogP contribution in [-0.2, 0) is 13.8 Å². The Hall–Kier alpha value is -0.0900. The van der Waals surface area contributed by atoms with Crippen LogP contribution < -0.4 is 0 Å². The molecule has 0 aromatic carbocycles. The van der Waals surface area contributed by atoms with E-state index in [2.05, 4.69) is 4.52 Å². The molecule has 1 aliphatic heterocycles. The number of aliphatic hydroxyl groups is 4. The Balaban J connectivity index is 2.69. The average Bonchev–Trinajstić information content (AvgIpc) is 2.36. The molecule has 0 spiro atoms. The lowest BCUT2D eigenvalue weighted by atomic mass is 9.91. The van der Waals surface area contributed by atoms with Gasteiger partial charge < -0.3 is 34.9 Å². The molecule has 0 aromatic heterocycles. The van der Waals surface area contributed by atoms with E-state index in [-0.39, 0.29) is 0 Å². The van der Waals surface area contributed by atoms with Crippen LogP contribution in [-0.4, -0.2) is 73.4 Å². The largest absolute Gasteiger partial charge is 0.469 e. The van der Waals surface area contributed by atoms with Gasteiger partial charge in [-0.2, -0.15) is 0 Å². The van der Waals surface area contributed by atoms with E-state index in [1.54, 1.807) is 0 Å². The summed E-state index contributed by atoms with van der Waals surface area (Å²) in [6.07, 6.45) is -7.01. The maximum absolute atomic E-state index is 10.6. The van der Waals surface area contributed by atoms with Gasteiger partial charge in [0.1, 0.15) is 30.5 Å². The van der Waals surface area contributed by atoms with Crippen LogP contribution in [0.3, 0.4) is 0 Å². The summed E-state index contributed by atoms with van der Waals surface area (Å²) in [6.45, 7) is 1.06. The van der Waals surface area contributed by atoms with E-state index in [4.69, 9.17) is 14.5 Å². The van der Waals surface area contributed by atoms with Crippen molar-refractivity contribution in [3.63, 3.8) is 0 Å². The van der Waals surface area contributed by atoms with Crippen molar-refractivity contribution in [1.29, 1.82) is 0 Å². The molecule has 0 aliphatic carbocycles. The maximum atomic E-state index is 10.6. The predicted molar refractivity (Wildman–Crippen MR) is 65.6 cm³/mol. The van der Waals surface area contributed by atoms with Crippen molar-refractivity contribution in [3.8, 4) is 0 Å². The van der Waals surface area contributed by atoms with Gasteiger partial charge in [-0.25, -0.2) is 4.57 Å². The minimum absolute atomic E-state index is 0.396. The Morgan fingerprint density at radius 3 is 2.30 bits per heavy atom. The van der Waals surface area contributed by atoms with Crippen LogP contribution in [0.2, 0.25) is 0 Å². The normalized spacial score (nSPS) is 36.9. The third-order valence-corrected chi connectivity index (χ3v) is 3.60. The molecule has 1 fully saturated rings. The van der Waals surface area contributed by atoms with Gasteiger partial charge in [-0.3, -0.25) is 4.52 Å². The molecule has 6 atom stereocenters. The summed E-state index contributed by atoms with van der Waals surface area (Å²) in [6, 6.07) is 0. The molecule has 1 saturated heterocycles. The molecule has 1 aliphatic rings. The van der Waals surface area contributed by atoms with Crippen molar-refractivity contribution in [2.75, 3.05) is 6.61 Å². The van der Waals surface area contributed by atoms with Crippen LogP contribution in [0.4, 0.5) is 0 Å². The Morgan fingerprint density at radius 1 is 1.20 bits per heavy atom.